The molecule has 2 rings (SSSR count). The summed E-state index contributed by atoms with van der Waals surface area (Å²) in [6.45, 7) is 0.874. The van der Waals surface area contributed by atoms with Crippen LogP contribution in [0, 0.1) is 0 Å². The predicted octanol–water partition coefficient (Wildman–Crippen LogP) is 2.51. The summed E-state index contributed by atoms with van der Waals surface area (Å²) < 4.78 is 5.66. The van der Waals surface area contributed by atoms with E-state index in [9.17, 15) is 0 Å². The summed E-state index contributed by atoms with van der Waals surface area (Å²) in [6.07, 6.45) is 3.77. The second-order valence-electron chi connectivity index (χ2n) is 3.48. The Kier molecular flexibility index (Phi) is 2.50. The van der Waals surface area contributed by atoms with Crippen LogP contribution in [0.3, 0.4) is 0 Å². The molecule has 0 aromatic heterocycles. The number of rotatable bonds is 1. The lowest BCUT2D eigenvalue weighted by atomic mass is 10.0. The van der Waals surface area contributed by atoms with Crippen molar-refractivity contribution in [1.82, 2.24) is 0 Å². The van der Waals surface area contributed by atoms with Crippen molar-refractivity contribution in [2.24, 2.45) is 0 Å². The first-order valence-corrected chi connectivity index (χ1v) is 4.84. The van der Waals surface area contributed by atoms with Crippen molar-refractivity contribution in [3.8, 4) is 0 Å². The molecule has 0 saturated carbocycles. The summed E-state index contributed by atoms with van der Waals surface area (Å²) in [5, 5.41) is 0. The molecule has 0 radical (unpaired) electrons. The van der Waals surface area contributed by atoms with Crippen LogP contribution in [0.1, 0.15) is 30.9 Å². The number of hydrogen-bond acceptors (Lipinski definition) is 2. The van der Waals surface area contributed by atoms with E-state index in [0.717, 1.165) is 24.3 Å². The lowest BCUT2D eigenvalue weighted by Crippen LogP contribution is -2.12. The van der Waals surface area contributed by atoms with Gasteiger partial charge in [0.2, 0.25) is 0 Å². The molecule has 1 atom stereocenters. The van der Waals surface area contributed by atoms with Gasteiger partial charge in [-0.15, -0.1) is 0 Å². The number of anilines is 1. The average molecular weight is 177 g/mol. The Hall–Kier alpha value is -1.02. The minimum atomic E-state index is 0.231. The molecule has 0 bridgehead atoms. The summed E-state index contributed by atoms with van der Waals surface area (Å²) >= 11 is 0. The van der Waals surface area contributed by atoms with Gasteiger partial charge in [-0.25, -0.2) is 0 Å². The van der Waals surface area contributed by atoms with Crippen LogP contribution in [0.5, 0.6) is 0 Å². The first kappa shape index (κ1) is 8.57. The molecule has 0 spiro atoms. The van der Waals surface area contributed by atoms with E-state index in [2.05, 4.69) is 6.07 Å². The Labute approximate surface area is 78.7 Å². The number of benzene rings is 1. The normalized spacial score (nSPS) is 22.9. The van der Waals surface area contributed by atoms with E-state index < -0.39 is 0 Å². The highest BCUT2D eigenvalue weighted by Gasteiger charge is 2.17. The van der Waals surface area contributed by atoms with Crippen molar-refractivity contribution < 1.29 is 4.74 Å². The van der Waals surface area contributed by atoms with Crippen molar-refractivity contribution in [1.29, 1.82) is 0 Å². The molecule has 13 heavy (non-hydrogen) atoms. The van der Waals surface area contributed by atoms with Crippen LogP contribution in [-0.4, -0.2) is 6.61 Å². The fourth-order valence-electron chi connectivity index (χ4n) is 1.79. The lowest BCUT2D eigenvalue weighted by Gasteiger charge is -2.23. The third-order valence-corrected chi connectivity index (χ3v) is 2.52. The quantitative estimate of drug-likeness (QED) is 0.669. The highest BCUT2D eigenvalue weighted by molar-refractivity contribution is 5.47. The van der Waals surface area contributed by atoms with Crippen LogP contribution < -0.4 is 5.73 Å². The van der Waals surface area contributed by atoms with E-state index in [1.54, 1.807) is 0 Å². The molecular formula is C11H15NO. The third kappa shape index (κ3) is 1.83. The standard InChI is InChI=1S/C11H15NO/c12-10-6-2-1-5-9(10)11-7-3-4-8-13-11/h1-2,5-6,11H,3-4,7-8,12H2. The van der Waals surface area contributed by atoms with Gasteiger partial charge in [0, 0.05) is 17.9 Å². The zero-order chi connectivity index (χ0) is 9.10. The monoisotopic (exact) mass is 177 g/mol. The van der Waals surface area contributed by atoms with Gasteiger partial charge in [0.15, 0.2) is 0 Å². The minimum absolute atomic E-state index is 0.231. The molecule has 0 amide bonds. The Bertz CT molecular complexity index is 279. The minimum Gasteiger partial charge on any atom is -0.398 e. The third-order valence-electron chi connectivity index (χ3n) is 2.52. The smallest absolute Gasteiger partial charge is 0.0844 e. The van der Waals surface area contributed by atoms with E-state index in [-0.39, 0.29) is 6.10 Å². The molecule has 1 aromatic carbocycles. The van der Waals surface area contributed by atoms with Gasteiger partial charge < -0.3 is 10.5 Å². The van der Waals surface area contributed by atoms with Gasteiger partial charge >= 0.3 is 0 Å². The molecular weight excluding hydrogens is 162 g/mol. The van der Waals surface area contributed by atoms with Gasteiger partial charge in [0.05, 0.1) is 6.10 Å². The maximum Gasteiger partial charge on any atom is 0.0844 e. The Morgan fingerprint density at radius 1 is 1.23 bits per heavy atom. The highest BCUT2D eigenvalue weighted by atomic mass is 16.5. The van der Waals surface area contributed by atoms with Crippen molar-refractivity contribution in [2.45, 2.75) is 25.4 Å². The van der Waals surface area contributed by atoms with Gasteiger partial charge in [-0.2, -0.15) is 0 Å². The molecule has 1 aliphatic heterocycles. The molecule has 1 heterocycles. The van der Waals surface area contributed by atoms with Gasteiger partial charge in [-0.05, 0) is 25.3 Å². The van der Waals surface area contributed by atoms with Crippen molar-refractivity contribution in [3.63, 3.8) is 0 Å². The summed E-state index contributed by atoms with van der Waals surface area (Å²) in [4.78, 5) is 0. The molecule has 1 aromatic rings. The van der Waals surface area contributed by atoms with Crippen molar-refractivity contribution in [3.05, 3.63) is 29.8 Å². The van der Waals surface area contributed by atoms with Crippen LogP contribution in [0.15, 0.2) is 24.3 Å². The van der Waals surface area contributed by atoms with Crippen LogP contribution in [0.4, 0.5) is 5.69 Å². The van der Waals surface area contributed by atoms with Gasteiger partial charge in [0.1, 0.15) is 0 Å². The van der Waals surface area contributed by atoms with E-state index in [1.807, 2.05) is 18.2 Å². The van der Waals surface area contributed by atoms with Crippen LogP contribution in [-0.2, 0) is 4.74 Å². The molecule has 70 valence electrons. The van der Waals surface area contributed by atoms with Gasteiger partial charge in [0.25, 0.3) is 0 Å². The number of nitrogens with two attached hydrogens (primary N) is 1. The van der Waals surface area contributed by atoms with E-state index >= 15 is 0 Å². The molecule has 1 fully saturated rings. The Morgan fingerprint density at radius 2 is 2.08 bits per heavy atom. The van der Waals surface area contributed by atoms with Crippen LogP contribution in [0.2, 0.25) is 0 Å². The second-order valence-corrected chi connectivity index (χ2v) is 3.48. The first-order chi connectivity index (χ1) is 6.38. The molecule has 2 N–H and O–H groups in total. The molecule has 1 unspecified atom stereocenters. The molecule has 2 heteroatoms. The second kappa shape index (κ2) is 3.79. The number of hydrogen-bond donors (Lipinski definition) is 1. The zero-order valence-electron chi connectivity index (χ0n) is 7.70. The topological polar surface area (TPSA) is 35.2 Å². The van der Waals surface area contributed by atoms with E-state index in [0.29, 0.717) is 0 Å². The fraction of sp³-hybridized carbons (Fsp3) is 0.455. The van der Waals surface area contributed by atoms with E-state index in [4.69, 9.17) is 10.5 Å². The summed E-state index contributed by atoms with van der Waals surface area (Å²) in [5.74, 6) is 0. The maximum absolute atomic E-state index is 5.87. The SMILES string of the molecule is Nc1ccccc1C1CCCCO1. The maximum atomic E-state index is 5.87. The van der Waals surface area contributed by atoms with Crippen LogP contribution in [0.25, 0.3) is 0 Å². The molecule has 1 aliphatic rings. The molecule has 0 aliphatic carbocycles. The highest BCUT2D eigenvalue weighted by Crippen LogP contribution is 2.30. The van der Waals surface area contributed by atoms with E-state index in [1.165, 1.54) is 12.8 Å². The van der Waals surface area contributed by atoms with Crippen molar-refractivity contribution >= 4 is 5.69 Å². The van der Waals surface area contributed by atoms with Crippen LogP contribution >= 0.6 is 0 Å². The first-order valence-electron chi connectivity index (χ1n) is 4.84. The summed E-state index contributed by atoms with van der Waals surface area (Å²) in [6, 6.07) is 7.98. The average Bonchev–Trinajstić information content (AvgIpc) is 2.20. The number of para-hydroxylation sites is 1. The zero-order valence-corrected chi connectivity index (χ0v) is 7.70. The Balaban J connectivity index is 2.18. The number of ether oxygens (including phenoxy) is 1. The largest absolute Gasteiger partial charge is 0.398 e. The lowest BCUT2D eigenvalue weighted by molar-refractivity contribution is 0.0154. The number of nitrogen functional groups attached to an aromatic ring is 1. The van der Waals surface area contributed by atoms with Gasteiger partial charge in [-0.1, -0.05) is 18.2 Å². The summed E-state index contributed by atoms with van der Waals surface area (Å²) in [7, 11) is 0. The molecule has 2 nitrogen and oxygen atoms in total. The molecule has 1 saturated heterocycles. The predicted molar refractivity (Wildman–Crippen MR) is 53.4 cm³/mol. The fourth-order valence-corrected chi connectivity index (χ4v) is 1.79. The Morgan fingerprint density at radius 3 is 2.77 bits per heavy atom. The van der Waals surface area contributed by atoms with Gasteiger partial charge in [-0.3, -0.25) is 0 Å². The summed E-state index contributed by atoms with van der Waals surface area (Å²) in [5.41, 5.74) is 7.88. The van der Waals surface area contributed by atoms with Crippen molar-refractivity contribution in [2.75, 3.05) is 12.3 Å².